The zero-order valence-electron chi connectivity index (χ0n) is 15.1. The highest BCUT2D eigenvalue weighted by atomic mass is 127. The van der Waals surface area contributed by atoms with E-state index in [-0.39, 0.29) is 29.7 Å². The van der Waals surface area contributed by atoms with Crippen molar-refractivity contribution in [3.05, 3.63) is 53.7 Å². The van der Waals surface area contributed by atoms with Crippen LogP contribution in [0, 0.1) is 0 Å². The lowest BCUT2D eigenvalue weighted by molar-refractivity contribution is -0.0504. The number of nitrogens with one attached hydrogen (secondary N) is 2. The predicted octanol–water partition coefficient (Wildman–Crippen LogP) is 3.56. The Morgan fingerprint density at radius 2 is 1.96 bits per heavy atom. The van der Waals surface area contributed by atoms with Crippen LogP contribution < -0.4 is 20.1 Å². The first-order chi connectivity index (χ1) is 12.6. The van der Waals surface area contributed by atoms with E-state index in [1.165, 1.54) is 6.07 Å². The Morgan fingerprint density at radius 3 is 2.59 bits per heavy atom. The van der Waals surface area contributed by atoms with E-state index in [1.54, 1.807) is 37.6 Å². The van der Waals surface area contributed by atoms with Crippen molar-refractivity contribution >= 4 is 29.9 Å². The van der Waals surface area contributed by atoms with Gasteiger partial charge in [0.05, 0.1) is 13.7 Å². The summed E-state index contributed by atoms with van der Waals surface area (Å²) < 4.78 is 34.5. The molecule has 2 N–H and O–H groups in total. The lowest BCUT2D eigenvalue weighted by atomic mass is 10.2. The minimum absolute atomic E-state index is 0. The van der Waals surface area contributed by atoms with Gasteiger partial charge in [0, 0.05) is 30.9 Å². The van der Waals surface area contributed by atoms with E-state index in [4.69, 9.17) is 4.74 Å². The van der Waals surface area contributed by atoms with Gasteiger partial charge >= 0.3 is 6.61 Å². The monoisotopic (exact) mass is 492 g/mol. The fourth-order valence-corrected chi connectivity index (χ4v) is 2.18. The summed E-state index contributed by atoms with van der Waals surface area (Å²) in [5.41, 5.74) is 1.54. The molecule has 0 aliphatic rings. The molecule has 2 rings (SSSR count). The summed E-state index contributed by atoms with van der Waals surface area (Å²) in [6, 6.07) is 10.3. The van der Waals surface area contributed by atoms with Gasteiger partial charge in [-0.15, -0.1) is 24.0 Å². The maximum absolute atomic E-state index is 12.5. The van der Waals surface area contributed by atoms with Crippen LogP contribution in [-0.4, -0.2) is 31.2 Å². The van der Waals surface area contributed by atoms with Crippen LogP contribution in [0.1, 0.15) is 18.1 Å². The Hall–Kier alpha value is -2.17. The van der Waals surface area contributed by atoms with Gasteiger partial charge in [-0.3, -0.25) is 0 Å². The molecule has 0 aliphatic carbocycles. The Labute approximate surface area is 174 Å². The maximum Gasteiger partial charge on any atom is 0.387 e. The second kappa shape index (κ2) is 12.3. The average molecular weight is 492 g/mol. The van der Waals surface area contributed by atoms with Crippen molar-refractivity contribution in [3.63, 3.8) is 0 Å². The molecular weight excluding hydrogens is 469 g/mol. The van der Waals surface area contributed by atoms with Gasteiger partial charge in [0.25, 0.3) is 0 Å². The molecule has 0 aliphatic heterocycles. The number of ether oxygens (including phenoxy) is 2. The van der Waals surface area contributed by atoms with Crippen molar-refractivity contribution < 1.29 is 18.3 Å². The van der Waals surface area contributed by atoms with E-state index >= 15 is 0 Å². The van der Waals surface area contributed by atoms with Gasteiger partial charge in [0.1, 0.15) is 5.75 Å². The van der Waals surface area contributed by atoms with Crippen LogP contribution in [0.25, 0.3) is 0 Å². The fourth-order valence-electron chi connectivity index (χ4n) is 2.18. The van der Waals surface area contributed by atoms with Crippen molar-refractivity contribution in [2.24, 2.45) is 4.99 Å². The number of aromatic nitrogens is 1. The number of benzene rings is 1. The maximum atomic E-state index is 12.5. The molecule has 0 radical (unpaired) electrons. The number of para-hydroxylation sites is 1. The second-order valence-electron chi connectivity index (χ2n) is 5.24. The summed E-state index contributed by atoms with van der Waals surface area (Å²) in [4.78, 5) is 8.60. The van der Waals surface area contributed by atoms with Crippen molar-refractivity contribution in [1.29, 1.82) is 0 Å². The van der Waals surface area contributed by atoms with Crippen molar-refractivity contribution in [3.8, 4) is 11.6 Å². The van der Waals surface area contributed by atoms with Gasteiger partial charge in [-0.25, -0.2) is 9.98 Å². The summed E-state index contributed by atoms with van der Waals surface area (Å²) in [5.74, 6) is 1.25. The lowest BCUT2D eigenvalue weighted by Gasteiger charge is -2.14. The number of hydrogen-bond donors (Lipinski definition) is 2. The zero-order valence-corrected chi connectivity index (χ0v) is 17.4. The molecule has 27 heavy (non-hydrogen) atoms. The van der Waals surface area contributed by atoms with Gasteiger partial charge in [-0.1, -0.05) is 24.3 Å². The van der Waals surface area contributed by atoms with E-state index in [2.05, 4.69) is 25.3 Å². The quantitative estimate of drug-likeness (QED) is 0.335. The van der Waals surface area contributed by atoms with Crippen molar-refractivity contribution in [2.75, 3.05) is 13.7 Å². The van der Waals surface area contributed by atoms with Crippen LogP contribution in [0.4, 0.5) is 8.78 Å². The third-order valence-corrected chi connectivity index (χ3v) is 3.41. The molecular formula is C18H23F2IN4O2. The van der Waals surface area contributed by atoms with Gasteiger partial charge in [-0.2, -0.15) is 8.78 Å². The summed E-state index contributed by atoms with van der Waals surface area (Å²) in [6.45, 7) is 0.472. The molecule has 6 nitrogen and oxygen atoms in total. The van der Waals surface area contributed by atoms with E-state index in [0.29, 0.717) is 37.0 Å². The van der Waals surface area contributed by atoms with Gasteiger partial charge in [-0.05, 0) is 18.6 Å². The first-order valence-electron chi connectivity index (χ1n) is 8.16. The van der Waals surface area contributed by atoms with Crippen LogP contribution in [0.2, 0.25) is 0 Å². The van der Waals surface area contributed by atoms with Crippen molar-refractivity contribution in [1.82, 2.24) is 15.6 Å². The minimum atomic E-state index is -2.86. The highest BCUT2D eigenvalue weighted by molar-refractivity contribution is 14.0. The first-order valence-corrected chi connectivity index (χ1v) is 8.16. The number of alkyl halides is 2. The molecule has 0 fully saturated rings. The Balaban J connectivity index is 0.00000364. The number of halogens is 3. The number of hydrogen-bond acceptors (Lipinski definition) is 4. The molecule has 0 atom stereocenters. The summed E-state index contributed by atoms with van der Waals surface area (Å²) in [7, 11) is 1.56. The highest BCUT2D eigenvalue weighted by Crippen LogP contribution is 2.19. The number of rotatable bonds is 8. The topological polar surface area (TPSA) is 67.8 Å². The Kier molecular flexibility index (Phi) is 10.4. The van der Waals surface area contributed by atoms with E-state index < -0.39 is 6.61 Å². The van der Waals surface area contributed by atoms with Crippen LogP contribution in [-0.2, 0) is 13.1 Å². The Bertz CT molecular complexity index is 715. The van der Waals surface area contributed by atoms with E-state index in [0.717, 1.165) is 5.56 Å². The van der Waals surface area contributed by atoms with Crippen LogP contribution in [0.5, 0.6) is 11.6 Å². The van der Waals surface area contributed by atoms with Crippen LogP contribution in [0.3, 0.4) is 0 Å². The summed E-state index contributed by atoms with van der Waals surface area (Å²) >= 11 is 0. The molecule has 0 saturated heterocycles. The van der Waals surface area contributed by atoms with Gasteiger partial charge < -0.3 is 20.1 Å². The first kappa shape index (κ1) is 22.9. The predicted molar refractivity (Wildman–Crippen MR) is 111 cm³/mol. The average Bonchev–Trinajstić information content (AvgIpc) is 2.65. The van der Waals surface area contributed by atoms with Crippen molar-refractivity contribution in [2.45, 2.75) is 26.6 Å². The largest absolute Gasteiger partial charge is 0.481 e. The van der Waals surface area contributed by atoms with Crippen LogP contribution in [0.15, 0.2) is 47.6 Å². The third kappa shape index (κ3) is 7.94. The molecule has 0 spiro atoms. The molecule has 148 valence electrons. The van der Waals surface area contributed by atoms with E-state index in [9.17, 15) is 8.78 Å². The SMILES string of the molecule is CCNC(=NCc1ccc(OC)nc1)NCc1ccccc1OC(F)F.I. The summed E-state index contributed by atoms with van der Waals surface area (Å²) in [5, 5.41) is 6.22. The smallest absolute Gasteiger partial charge is 0.387 e. The number of methoxy groups -OCH3 is 1. The molecule has 0 unspecified atom stereocenters. The summed E-state index contributed by atoms with van der Waals surface area (Å²) in [6.07, 6.45) is 1.69. The number of aliphatic imine (C=N–C) groups is 1. The number of pyridine rings is 1. The van der Waals surface area contributed by atoms with Gasteiger partial charge in [0.2, 0.25) is 5.88 Å². The molecule has 1 aromatic heterocycles. The Morgan fingerprint density at radius 1 is 1.19 bits per heavy atom. The molecule has 1 heterocycles. The highest BCUT2D eigenvalue weighted by Gasteiger charge is 2.09. The molecule has 2 aromatic rings. The number of nitrogens with zero attached hydrogens (tertiary/aromatic N) is 2. The molecule has 0 bridgehead atoms. The normalized spacial score (nSPS) is 10.9. The van der Waals surface area contributed by atoms with E-state index in [1.807, 2.05) is 13.0 Å². The van der Waals surface area contributed by atoms with Crippen LogP contribution >= 0.6 is 24.0 Å². The number of guanidine groups is 1. The molecule has 0 saturated carbocycles. The second-order valence-corrected chi connectivity index (χ2v) is 5.24. The minimum Gasteiger partial charge on any atom is -0.481 e. The third-order valence-electron chi connectivity index (χ3n) is 3.41. The molecule has 1 aromatic carbocycles. The van der Waals surface area contributed by atoms with Gasteiger partial charge in [0.15, 0.2) is 5.96 Å². The molecule has 9 heteroatoms. The fraction of sp³-hybridized carbons (Fsp3) is 0.333. The molecule has 0 amide bonds. The lowest BCUT2D eigenvalue weighted by Crippen LogP contribution is -2.36. The zero-order chi connectivity index (χ0) is 18.8. The standard InChI is InChI=1S/C18H22F2N4O2.HI/c1-3-21-18(23-11-13-8-9-16(25-2)22-10-13)24-12-14-6-4-5-7-15(14)26-17(19)20;/h4-10,17H,3,11-12H2,1-2H3,(H2,21,23,24);1H.